The van der Waals surface area contributed by atoms with Gasteiger partial charge in [-0.05, 0) is 76.1 Å². The Balaban J connectivity index is 1.05. The lowest BCUT2D eigenvalue weighted by Gasteiger charge is -2.53. The van der Waals surface area contributed by atoms with Gasteiger partial charge < -0.3 is 74.5 Å². The molecular formula is C91H94N8O17. The predicted molar refractivity (Wildman–Crippen MR) is 438 cm³/mol. The number of hydrogen-bond donors (Lipinski definition) is 6. The van der Waals surface area contributed by atoms with Crippen molar-refractivity contribution in [2.75, 3.05) is 39.0 Å². The molecule has 8 aromatic carbocycles. The van der Waals surface area contributed by atoms with E-state index >= 15 is 4.79 Å². The third-order valence-electron chi connectivity index (χ3n) is 23.8. The molecule has 1 saturated carbocycles. The molecule has 9 aromatic rings. The van der Waals surface area contributed by atoms with Gasteiger partial charge in [0.1, 0.15) is 51.8 Å². The van der Waals surface area contributed by atoms with Gasteiger partial charge in [-0.3, -0.25) is 42.9 Å². The second-order valence-electron chi connectivity index (χ2n) is 31.9. The lowest BCUT2D eigenvalue weighted by Crippen LogP contribution is -2.56. The second-order valence-corrected chi connectivity index (χ2v) is 31.9. The first-order chi connectivity index (χ1) is 55.7. The first kappa shape index (κ1) is 77.5. The molecule has 1 fully saturated rings. The number of ether oxygens (including phenoxy) is 9. The van der Waals surface area contributed by atoms with Gasteiger partial charge in [0, 0.05) is 190 Å². The van der Waals surface area contributed by atoms with Crippen LogP contribution < -0.4 is 69.8 Å². The molecule has 15 rings (SSSR count). The summed E-state index contributed by atoms with van der Waals surface area (Å²) in [5.74, 6) is -0.800. The number of aromatic nitrogens is 2. The number of nitrogens with one attached hydrogen (secondary N) is 6. The van der Waals surface area contributed by atoms with E-state index in [1.807, 2.05) is 38.1 Å². The molecule has 600 valence electrons. The average Bonchev–Trinajstić information content (AvgIpc) is 1.46. The first-order valence-electron chi connectivity index (χ1n) is 40.4. The fourth-order valence-electron chi connectivity index (χ4n) is 18.5. The van der Waals surface area contributed by atoms with Gasteiger partial charge in [-0.15, -0.1) is 0 Å². The topological polar surface area (TPSA) is 310 Å². The van der Waals surface area contributed by atoms with E-state index in [1.165, 1.54) is 7.11 Å². The van der Waals surface area contributed by atoms with E-state index < -0.39 is 45.9 Å². The molecule has 1 aliphatic carbocycles. The molecule has 25 nitrogen and oxygen atoms in total. The highest BCUT2D eigenvalue weighted by Gasteiger charge is 2.61. The smallest absolute Gasteiger partial charge is 0.311 e. The summed E-state index contributed by atoms with van der Waals surface area (Å²) in [6, 6.07) is 29.2. The predicted octanol–water partition coefficient (Wildman–Crippen LogP) is 21.5. The maximum absolute atomic E-state index is 15.6. The zero-order valence-corrected chi connectivity index (χ0v) is 67.6. The van der Waals surface area contributed by atoms with Crippen LogP contribution >= 0.6 is 0 Å². The highest BCUT2D eigenvalue weighted by atomic mass is 16.6. The highest BCUT2D eigenvalue weighted by Crippen LogP contribution is 2.63. The molecule has 25 heteroatoms. The minimum absolute atomic E-state index is 0.0985. The van der Waals surface area contributed by atoms with Gasteiger partial charge in [0.15, 0.2) is 46.0 Å². The lowest BCUT2D eigenvalue weighted by atomic mass is 9.52. The van der Waals surface area contributed by atoms with E-state index in [-0.39, 0.29) is 166 Å². The molecular weight excluding hydrogens is 1480 g/mol. The van der Waals surface area contributed by atoms with E-state index in [4.69, 9.17) is 47.6 Å². The summed E-state index contributed by atoms with van der Waals surface area (Å²) in [5, 5.41) is 18.0. The number of anilines is 6. The van der Waals surface area contributed by atoms with Gasteiger partial charge >= 0.3 is 5.97 Å². The normalized spacial score (nSPS) is 20.3. The minimum Gasteiger partial charge on any atom is -0.469 e. The van der Waals surface area contributed by atoms with Crippen LogP contribution in [0.15, 0.2) is 97.1 Å². The third kappa shape index (κ3) is 13.3. The van der Waals surface area contributed by atoms with Crippen LogP contribution in [0.3, 0.4) is 0 Å². The number of fused-ring (bicyclic) bond motifs is 18. The standard InChI is InChI=1S/C91H94N8O17/c1-15-44-48-25-50-45(16-2)52-27-54-47(18-4)55-28-53-46(17-3)51-26-49(44)65-38-67(51)112-76-33-60(96-84(104)23-9)61(97-85(105)24-10)34-77(76)114-69(53)40-71(55)116-79-36-63-62(98-86-89(11)41-90(12,87(106)99(63)86)43-91(13,42-89)88(107)108-14)35-78(79)115-70(54)39-68(52)113-75-32-59(95-83(103)22-8)58(94-82(102)21-7)31-74(75)111-66(50)37-64(48)109-72-29-56(92-80(100)19-5)57(30-73(72)110-65)93-81(101)20-6/h25-40,44-47H,15-24,41-43H2,1-14H3,(H,92,100)(H,93,101)(H,94,102)(H,95,103)(H,96,104)(H,97,105)/t44?,45?,46?,47?,89?,90-,91+/m0/s1. The maximum atomic E-state index is 15.6. The number of imidazole rings is 1. The van der Waals surface area contributed by atoms with Crippen molar-refractivity contribution in [3.63, 3.8) is 0 Å². The quantitative estimate of drug-likeness (QED) is 0.0461. The van der Waals surface area contributed by atoms with Crippen LogP contribution in [-0.2, 0) is 43.7 Å². The summed E-state index contributed by atoms with van der Waals surface area (Å²) >= 11 is 0. The molecule has 7 atom stereocenters. The highest BCUT2D eigenvalue weighted by molar-refractivity contribution is 6.04. The number of esters is 1. The van der Waals surface area contributed by atoms with Crippen molar-refractivity contribution in [3.8, 4) is 92.0 Å². The van der Waals surface area contributed by atoms with Crippen LogP contribution in [-0.4, -0.2) is 64.0 Å². The number of rotatable bonds is 17. The van der Waals surface area contributed by atoms with Crippen LogP contribution in [0.4, 0.5) is 34.1 Å². The molecule has 0 spiro atoms. The van der Waals surface area contributed by atoms with Crippen LogP contribution in [0.2, 0.25) is 0 Å². The number of hydrogen-bond acceptors (Lipinski definition) is 18. The van der Waals surface area contributed by atoms with Crippen LogP contribution in [0.25, 0.3) is 11.0 Å². The molecule has 6 aliphatic rings. The molecule has 6 heterocycles. The van der Waals surface area contributed by atoms with Gasteiger partial charge in [0.2, 0.25) is 41.4 Å². The number of carbonyl (C=O) groups excluding carboxylic acids is 8. The Morgan fingerprint density at radius 2 is 0.586 bits per heavy atom. The van der Waals surface area contributed by atoms with Crippen molar-refractivity contribution in [2.24, 2.45) is 10.8 Å². The summed E-state index contributed by atoms with van der Waals surface area (Å²) in [4.78, 5) is 117. The molecule has 6 N–H and O–H groups in total. The Morgan fingerprint density at radius 3 is 0.828 bits per heavy atom. The molecule has 5 aliphatic heterocycles. The van der Waals surface area contributed by atoms with Gasteiger partial charge in [0.25, 0.3) is 0 Å². The number of methoxy groups -OCH3 is 1. The molecule has 1 aromatic heterocycles. The SMILES string of the molecule is CCC(=O)Nc1cc2c(cc1NC(=O)CC)Oc1cc3c4cc1C(CC)c1cc5c(cc1O2)Oc1cc(NC(=O)CC)c(NC(=O)CC)cc1Oc1cc2c(cc1C5CC)C(CC)c1cc(c(cc1Oc1cc5c(cc1O2)nc1n5C(=O)[C@@]2(C)CC1(C)C[C@@](C)(C(=O)OC)C2)Oc1cc(NC(=O)CC)c(NC(=O)CC)cc1O3)C4CC. The number of carbonyl (C=O) groups is 8. The lowest BCUT2D eigenvalue weighted by molar-refractivity contribution is -0.158. The Kier molecular flexibility index (Phi) is 19.9. The van der Waals surface area contributed by atoms with Crippen molar-refractivity contribution in [1.29, 1.82) is 0 Å². The van der Waals surface area contributed by atoms with E-state index in [2.05, 4.69) is 90.8 Å². The third-order valence-corrected chi connectivity index (χ3v) is 23.8. The average molecular weight is 1570 g/mol. The molecule has 6 amide bonds. The van der Waals surface area contributed by atoms with E-state index in [0.29, 0.717) is 146 Å². The molecule has 2 bridgehead atoms. The number of nitrogens with zero attached hydrogens (tertiary/aromatic N) is 2. The van der Waals surface area contributed by atoms with Crippen molar-refractivity contribution in [1.82, 2.24) is 9.55 Å². The summed E-state index contributed by atoms with van der Waals surface area (Å²) in [7, 11) is 1.37. The van der Waals surface area contributed by atoms with Gasteiger partial charge in [-0.1, -0.05) is 83.1 Å². The van der Waals surface area contributed by atoms with Crippen LogP contribution in [0.5, 0.6) is 92.0 Å². The van der Waals surface area contributed by atoms with Crippen molar-refractivity contribution in [3.05, 3.63) is 147 Å². The number of benzene rings is 8. The number of amides is 6. The first-order valence-corrected chi connectivity index (χ1v) is 40.4. The largest absolute Gasteiger partial charge is 0.469 e. The van der Waals surface area contributed by atoms with E-state index in [9.17, 15) is 33.6 Å². The molecule has 0 saturated heterocycles. The minimum atomic E-state index is -1.02. The zero-order chi connectivity index (χ0) is 81.9. The van der Waals surface area contributed by atoms with Crippen molar-refractivity contribution < 1.29 is 81.0 Å². The molecule has 116 heavy (non-hydrogen) atoms. The Morgan fingerprint density at radius 1 is 0.345 bits per heavy atom. The summed E-state index contributed by atoms with van der Waals surface area (Å²) < 4.78 is 66.9. The molecule has 5 unspecified atom stereocenters. The fraction of sp³-hybridized carbons (Fsp3) is 0.374. The summed E-state index contributed by atoms with van der Waals surface area (Å²) in [6.45, 7) is 24.5. The Bertz CT molecular complexity index is 5690. The van der Waals surface area contributed by atoms with Crippen LogP contribution in [0, 0.1) is 10.8 Å². The van der Waals surface area contributed by atoms with Gasteiger partial charge in [0.05, 0.1) is 57.7 Å². The maximum Gasteiger partial charge on any atom is 0.311 e. The van der Waals surface area contributed by atoms with E-state index in [0.717, 1.165) is 0 Å². The summed E-state index contributed by atoms with van der Waals surface area (Å²) in [6.07, 6.45) is 3.35. The van der Waals surface area contributed by atoms with Gasteiger partial charge in [-0.25, -0.2) is 4.98 Å². The van der Waals surface area contributed by atoms with Crippen molar-refractivity contribution in [2.45, 2.75) is 203 Å². The Labute approximate surface area is 671 Å². The second kappa shape index (κ2) is 29.8. The summed E-state index contributed by atoms with van der Waals surface area (Å²) in [5.41, 5.74) is 4.97. The molecule has 0 radical (unpaired) electrons. The Hall–Kier alpha value is -12.4. The van der Waals surface area contributed by atoms with Gasteiger partial charge in [-0.2, -0.15) is 0 Å². The monoisotopic (exact) mass is 1570 g/mol. The van der Waals surface area contributed by atoms with E-state index in [1.54, 1.807) is 94.6 Å². The fourth-order valence-corrected chi connectivity index (χ4v) is 18.5. The van der Waals surface area contributed by atoms with Crippen molar-refractivity contribution >= 4 is 92.5 Å². The zero-order valence-electron chi connectivity index (χ0n) is 67.6. The van der Waals surface area contributed by atoms with Crippen LogP contribution in [0.1, 0.15) is 252 Å².